The number of aliphatic hydroxyl groups is 1. The van der Waals surface area contributed by atoms with Crippen LogP contribution in [0.15, 0.2) is 0 Å². The van der Waals surface area contributed by atoms with Crippen molar-refractivity contribution in [2.24, 2.45) is 5.73 Å². The average molecular weight is 234 g/mol. The largest absolute Gasteiger partial charge is 0.393 e. The van der Waals surface area contributed by atoms with Gasteiger partial charge in [0.15, 0.2) is 0 Å². The average Bonchev–Trinajstić information content (AvgIpc) is 2.13. The lowest BCUT2D eigenvalue weighted by atomic mass is 10.1. The summed E-state index contributed by atoms with van der Waals surface area (Å²) in [5.74, 6) is 0. The number of methoxy groups -OCH3 is 1. The predicted molar refractivity (Wildman–Crippen MR) is 66.0 cm³/mol. The Morgan fingerprint density at radius 1 is 1.60 bits per heavy atom. The van der Waals surface area contributed by atoms with E-state index in [1.165, 1.54) is 0 Å². The Morgan fingerprint density at radius 2 is 2.20 bits per heavy atom. The summed E-state index contributed by atoms with van der Waals surface area (Å²) >= 11 is 4.89. The molecule has 0 saturated heterocycles. The van der Waals surface area contributed by atoms with Gasteiger partial charge in [-0.1, -0.05) is 19.1 Å². The van der Waals surface area contributed by atoms with Gasteiger partial charge in [0.2, 0.25) is 0 Å². The Balaban J connectivity index is 4.02. The van der Waals surface area contributed by atoms with Crippen molar-refractivity contribution in [2.45, 2.75) is 31.9 Å². The topological polar surface area (TPSA) is 58.7 Å². The highest BCUT2D eigenvalue weighted by Crippen LogP contribution is 2.07. The third kappa shape index (κ3) is 6.78. The molecule has 0 aliphatic heterocycles. The van der Waals surface area contributed by atoms with E-state index in [0.717, 1.165) is 6.42 Å². The number of likely N-dealkylation sites (N-methyl/N-ethyl adjacent to an activating group) is 1. The van der Waals surface area contributed by atoms with Crippen LogP contribution in [-0.2, 0) is 4.74 Å². The molecule has 15 heavy (non-hydrogen) atoms. The first-order chi connectivity index (χ1) is 7.01. The molecule has 0 aromatic heterocycles. The van der Waals surface area contributed by atoms with E-state index in [1.54, 1.807) is 7.11 Å². The third-order valence-electron chi connectivity index (χ3n) is 2.39. The molecule has 0 saturated carbocycles. The Labute approximate surface area is 97.4 Å². The van der Waals surface area contributed by atoms with Crippen LogP contribution in [0.3, 0.4) is 0 Å². The fourth-order valence-electron chi connectivity index (χ4n) is 1.57. The summed E-state index contributed by atoms with van der Waals surface area (Å²) in [7, 11) is 3.54. The second kappa shape index (κ2) is 7.98. The maximum atomic E-state index is 9.57. The number of hydrogen-bond donors (Lipinski definition) is 2. The van der Waals surface area contributed by atoms with E-state index in [0.29, 0.717) is 30.6 Å². The van der Waals surface area contributed by atoms with E-state index >= 15 is 0 Å². The van der Waals surface area contributed by atoms with Gasteiger partial charge in [-0.2, -0.15) is 0 Å². The van der Waals surface area contributed by atoms with Crippen molar-refractivity contribution in [1.82, 2.24) is 4.90 Å². The minimum absolute atomic E-state index is 0.300. The zero-order valence-corrected chi connectivity index (χ0v) is 10.6. The van der Waals surface area contributed by atoms with E-state index in [-0.39, 0.29) is 0 Å². The molecule has 4 nitrogen and oxygen atoms in total. The van der Waals surface area contributed by atoms with Crippen LogP contribution in [0.5, 0.6) is 0 Å². The van der Waals surface area contributed by atoms with Gasteiger partial charge in [-0.15, -0.1) is 0 Å². The number of nitrogens with two attached hydrogens (primary N) is 1. The molecule has 0 aliphatic rings. The molecule has 5 heteroatoms. The van der Waals surface area contributed by atoms with Crippen molar-refractivity contribution < 1.29 is 9.84 Å². The van der Waals surface area contributed by atoms with Crippen molar-refractivity contribution in [3.05, 3.63) is 0 Å². The van der Waals surface area contributed by atoms with Gasteiger partial charge in [0, 0.05) is 26.1 Å². The molecular weight excluding hydrogens is 212 g/mol. The smallest absolute Gasteiger partial charge is 0.0900 e. The van der Waals surface area contributed by atoms with Gasteiger partial charge in [-0.25, -0.2) is 0 Å². The normalized spacial score (nSPS) is 15.3. The molecule has 0 radical (unpaired) electrons. The number of aliphatic hydroxyl groups excluding tert-OH is 1. The van der Waals surface area contributed by atoms with Crippen LogP contribution in [0.1, 0.15) is 19.8 Å². The van der Waals surface area contributed by atoms with Gasteiger partial charge >= 0.3 is 0 Å². The van der Waals surface area contributed by atoms with Gasteiger partial charge < -0.3 is 20.5 Å². The number of thiocarbonyl (C=S) groups is 1. The zero-order valence-electron chi connectivity index (χ0n) is 9.77. The number of ether oxygens (including phenoxy) is 1. The molecule has 2 atom stereocenters. The maximum absolute atomic E-state index is 9.57. The first kappa shape index (κ1) is 14.8. The standard InChI is InChI=1S/C10H22N2O2S/c1-4-8(5-10(11)15)12(2)6-9(13)7-14-3/h8-9,13H,4-7H2,1-3H3,(H2,11,15). The number of hydrogen-bond acceptors (Lipinski definition) is 4. The molecule has 0 aromatic carbocycles. The summed E-state index contributed by atoms with van der Waals surface area (Å²) in [5.41, 5.74) is 5.51. The quantitative estimate of drug-likeness (QED) is 0.595. The second-order valence-electron chi connectivity index (χ2n) is 3.78. The van der Waals surface area contributed by atoms with Gasteiger partial charge in [0.1, 0.15) is 0 Å². The lowest BCUT2D eigenvalue weighted by Crippen LogP contribution is -2.40. The molecule has 90 valence electrons. The molecule has 0 fully saturated rings. The summed E-state index contributed by atoms with van der Waals surface area (Å²) < 4.78 is 4.87. The van der Waals surface area contributed by atoms with Crippen LogP contribution in [0, 0.1) is 0 Å². The summed E-state index contributed by atoms with van der Waals surface area (Å²) in [6, 6.07) is 0.300. The molecule has 0 aliphatic carbocycles. The van der Waals surface area contributed by atoms with Crippen molar-refractivity contribution in [2.75, 3.05) is 27.3 Å². The molecule has 0 amide bonds. The molecule has 0 aromatic rings. The Morgan fingerprint density at radius 3 is 2.60 bits per heavy atom. The van der Waals surface area contributed by atoms with E-state index < -0.39 is 6.10 Å². The number of nitrogens with zero attached hydrogens (tertiary/aromatic N) is 1. The molecule has 0 spiro atoms. The van der Waals surface area contributed by atoms with Gasteiger partial charge in [0.05, 0.1) is 17.7 Å². The summed E-state index contributed by atoms with van der Waals surface area (Å²) in [6.07, 6.45) is 1.20. The van der Waals surface area contributed by atoms with Crippen molar-refractivity contribution in [1.29, 1.82) is 0 Å². The van der Waals surface area contributed by atoms with Crippen molar-refractivity contribution >= 4 is 17.2 Å². The summed E-state index contributed by atoms with van der Waals surface area (Å²) in [5, 5.41) is 9.57. The molecule has 3 N–H and O–H groups in total. The monoisotopic (exact) mass is 234 g/mol. The van der Waals surface area contributed by atoms with E-state index in [1.807, 2.05) is 7.05 Å². The Kier molecular flexibility index (Phi) is 7.86. The van der Waals surface area contributed by atoms with Crippen LogP contribution in [0.4, 0.5) is 0 Å². The molecular formula is C10H22N2O2S. The van der Waals surface area contributed by atoms with Crippen LogP contribution >= 0.6 is 12.2 Å². The zero-order chi connectivity index (χ0) is 11.8. The number of rotatable bonds is 8. The van der Waals surface area contributed by atoms with Gasteiger partial charge in [-0.05, 0) is 13.5 Å². The lowest BCUT2D eigenvalue weighted by Gasteiger charge is -2.28. The maximum Gasteiger partial charge on any atom is 0.0900 e. The fraction of sp³-hybridized carbons (Fsp3) is 0.900. The van der Waals surface area contributed by atoms with Crippen molar-refractivity contribution in [3.8, 4) is 0 Å². The van der Waals surface area contributed by atoms with Crippen molar-refractivity contribution in [3.63, 3.8) is 0 Å². The Bertz CT molecular complexity index is 190. The predicted octanol–water partition coefficient (Wildman–Crippen LogP) is 0.380. The van der Waals surface area contributed by atoms with Crippen LogP contribution in [0.2, 0.25) is 0 Å². The summed E-state index contributed by atoms with van der Waals surface area (Å²) in [4.78, 5) is 2.60. The van der Waals surface area contributed by atoms with E-state index in [2.05, 4.69) is 11.8 Å². The highest BCUT2D eigenvalue weighted by molar-refractivity contribution is 7.80. The Hall–Kier alpha value is -0.230. The minimum Gasteiger partial charge on any atom is -0.393 e. The van der Waals surface area contributed by atoms with Crippen LogP contribution < -0.4 is 5.73 Å². The highest BCUT2D eigenvalue weighted by Gasteiger charge is 2.16. The van der Waals surface area contributed by atoms with Crippen LogP contribution in [0.25, 0.3) is 0 Å². The minimum atomic E-state index is -0.458. The molecule has 0 heterocycles. The summed E-state index contributed by atoms with van der Waals surface area (Å²) in [6.45, 7) is 3.02. The SMILES string of the molecule is CCC(CC(N)=S)N(C)CC(O)COC. The van der Waals surface area contributed by atoms with E-state index in [9.17, 15) is 5.11 Å². The lowest BCUT2D eigenvalue weighted by molar-refractivity contribution is 0.0345. The van der Waals surface area contributed by atoms with Gasteiger partial charge in [0.25, 0.3) is 0 Å². The van der Waals surface area contributed by atoms with E-state index in [4.69, 9.17) is 22.7 Å². The molecule has 2 unspecified atom stereocenters. The van der Waals surface area contributed by atoms with Crippen LogP contribution in [-0.4, -0.2) is 54.4 Å². The second-order valence-corrected chi connectivity index (χ2v) is 4.31. The molecule has 0 rings (SSSR count). The first-order valence-electron chi connectivity index (χ1n) is 5.16. The highest BCUT2D eigenvalue weighted by atomic mass is 32.1. The first-order valence-corrected chi connectivity index (χ1v) is 5.57. The third-order valence-corrected chi connectivity index (χ3v) is 2.56. The molecule has 0 bridgehead atoms. The fourth-order valence-corrected chi connectivity index (χ4v) is 1.76. The van der Waals surface area contributed by atoms with Gasteiger partial charge in [-0.3, -0.25) is 0 Å².